The van der Waals surface area contributed by atoms with Gasteiger partial charge in [-0.15, -0.1) is 10.2 Å². The van der Waals surface area contributed by atoms with Crippen molar-refractivity contribution in [3.63, 3.8) is 0 Å². The van der Waals surface area contributed by atoms with Crippen molar-refractivity contribution in [1.29, 1.82) is 0 Å². The molecule has 0 bridgehead atoms. The molecule has 0 fully saturated rings. The highest BCUT2D eigenvalue weighted by atomic mass is 15.3. The van der Waals surface area contributed by atoms with Gasteiger partial charge in [-0.3, -0.25) is 0 Å². The Morgan fingerprint density at radius 1 is 1.50 bits per heavy atom. The number of nitrogens with zero attached hydrogens (tertiary/aromatic N) is 4. The van der Waals surface area contributed by atoms with Gasteiger partial charge in [0.15, 0.2) is 5.82 Å². The topological polar surface area (TPSA) is 68.6 Å². The molecule has 1 aliphatic heterocycles. The van der Waals surface area contributed by atoms with E-state index in [4.69, 9.17) is 5.73 Å². The first-order chi connectivity index (χ1) is 6.68. The zero-order valence-corrected chi connectivity index (χ0v) is 8.31. The molecule has 1 unspecified atom stereocenters. The Morgan fingerprint density at radius 2 is 2.29 bits per heavy atom. The first-order valence-corrected chi connectivity index (χ1v) is 4.56. The van der Waals surface area contributed by atoms with Gasteiger partial charge in [-0.05, 0) is 0 Å². The van der Waals surface area contributed by atoms with E-state index >= 15 is 0 Å². The molecule has 2 rings (SSSR count). The molecular weight excluding hydrogens is 178 g/mol. The van der Waals surface area contributed by atoms with E-state index in [0.29, 0.717) is 5.84 Å². The zero-order chi connectivity index (χ0) is 10.1. The molecule has 14 heavy (non-hydrogen) atoms. The van der Waals surface area contributed by atoms with Crippen LogP contribution in [-0.4, -0.2) is 21.1 Å². The highest BCUT2D eigenvalue weighted by Crippen LogP contribution is 2.14. The lowest BCUT2D eigenvalue weighted by Gasteiger charge is -2.15. The summed E-state index contributed by atoms with van der Waals surface area (Å²) in [7, 11) is 1.94. The molecule has 0 spiro atoms. The Morgan fingerprint density at radius 3 is 2.86 bits per heavy atom. The fourth-order valence-corrected chi connectivity index (χ4v) is 1.43. The van der Waals surface area contributed by atoms with E-state index < -0.39 is 0 Å². The van der Waals surface area contributed by atoms with Gasteiger partial charge < -0.3 is 10.3 Å². The summed E-state index contributed by atoms with van der Waals surface area (Å²) in [6.45, 7) is 2.04. The van der Waals surface area contributed by atoms with Gasteiger partial charge in [0.1, 0.15) is 11.5 Å². The summed E-state index contributed by atoms with van der Waals surface area (Å²) in [5.41, 5.74) is 6.55. The van der Waals surface area contributed by atoms with E-state index in [1.54, 1.807) is 6.20 Å². The number of amidine groups is 1. The molecule has 0 radical (unpaired) electrons. The van der Waals surface area contributed by atoms with Crippen molar-refractivity contribution in [2.45, 2.75) is 13.3 Å². The smallest absolute Gasteiger partial charge is 0.156 e. The predicted molar refractivity (Wildman–Crippen MR) is 55.1 cm³/mol. The van der Waals surface area contributed by atoms with Crippen molar-refractivity contribution in [1.82, 2.24) is 9.55 Å². The van der Waals surface area contributed by atoms with Crippen LogP contribution in [0, 0.1) is 5.92 Å². The van der Waals surface area contributed by atoms with Crippen LogP contribution in [0.25, 0.3) is 0 Å². The van der Waals surface area contributed by atoms with Crippen molar-refractivity contribution in [3.05, 3.63) is 18.2 Å². The van der Waals surface area contributed by atoms with Crippen LogP contribution < -0.4 is 5.73 Å². The first kappa shape index (κ1) is 8.93. The minimum atomic E-state index is 0.249. The molecule has 0 aliphatic carbocycles. The summed E-state index contributed by atoms with van der Waals surface area (Å²) in [6.07, 6.45) is 4.45. The summed E-state index contributed by atoms with van der Waals surface area (Å²) < 4.78 is 1.93. The van der Waals surface area contributed by atoms with E-state index in [0.717, 1.165) is 18.0 Å². The third kappa shape index (κ3) is 1.41. The Labute approximate surface area is 82.4 Å². The van der Waals surface area contributed by atoms with Crippen LogP contribution in [0.4, 0.5) is 0 Å². The van der Waals surface area contributed by atoms with Gasteiger partial charge >= 0.3 is 0 Å². The van der Waals surface area contributed by atoms with Gasteiger partial charge in [-0.25, -0.2) is 4.98 Å². The Bertz CT molecular complexity index is 401. The molecule has 1 aromatic rings. The van der Waals surface area contributed by atoms with Gasteiger partial charge in [0.2, 0.25) is 0 Å². The Balaban J connectivity index is 2.34. The molecule has 0 saturated heterocycles. The average Bonchev–Trinajstić information content (AvgIpc) is 2.57. The average molecular weight is 191 g/mol. The number of nitrogens with two attached hydrogens (primary N) is 1. The minimum absolute atomic E-state index is 0.249. The number of hydrogen-bond acceptors (Lipinski definition) is 4. The Hall–Kier alpha value is -1.65. The van der Waals surface area contributed by atoms with Gasteiger partial charge in [0.05, 0.1) is 0 Å². The molecule has 1 aliphatic rings. The van der Waals surface area contributed by atoms with Gasteiger partial charge in [0, 0.05) is 31.8 Å². The number of aryl methyl sites for hydroxylation is 1. The molecule has 0 aromatic carbocycles. The standard InChI is InChI=1S/C9H13N5/c1-6-5-7(12-13-8(6)10)9-11-3-4-14(9)2/h3-4,6H,5H2,1-2H3,(H2,10,13). The van der Waals surface area contributed by atoms with Crippen LogP contribution in [0.2, 0.25) is 0 Å². The molecule has 2 N–H and O–H groups in total. The second kappa shape index (κ2) is 3.25. The molecule has 2 heterocycles. The second-order valence-corrected chi connectivity index (χ2v) is 3.54. The molecule has 0 saturated carbocycles. The van der Waals surface area contributed by atoms with E-state index in [2.05, 4.69) is 15.2 Å². The normalized spacial score (nSPS) is 21.7. The van der Waals surface area contributed by atoms with Crippen molar-refractivity contribution in [3.8, 4) is 0 Å². The van der Waals surface area contributed by atoms with E-state index in [9.17, 15) is 0 Å². The fraction of sp³-hybridized carbons (Fsp3) is 0.444. The van der Waals surface area contributed by atoms with E-state index in [1.807, 2.05) is 24.7 Å². The third-order valence-electron chi connectivity index (χ3n) is 2.37. The Kier molecular flexibility index (Phi) is 2.07. The first-order valence-electron chi connectivity index (χ1n) is 4.56. The molecule has 5 heteroatoms. The number of aromatic nitrogens is 2. The maximum atomic E-state index is 5.65. The van der Waals surface area contributed by atoms with Gasteiger partial charge in [-0.2, -0.15) is 0 Å². The van der Waals surface area contributed by atoms with Crippen LogP contribution in [-0.2, 0) is 7.05 Å². The summed E-state index contributed by atoms with van der Waals surface area (Å²) >= 11 is 0. The zero-order valence-electron chi connectivity index (χ0n) is 8.31. The summed E-state index contributed by atoms with van der Waals surface area (Å²) in [5.74, 6) is 1.72. The lowest BCUT2D eigenvalue weighted by Crippen LogP contribution is -2.27. The summed E-state index contributed by atoms with van der Waals surface area (Å²) in [5, 5.41) is 7.98. The highest BCUT2D eigenvalue weighted by molar-refractivity contribution is 6.02. The maximum Gasteiger partial charge on any atom is 0.156 e. The van der Waals surface area contributed by atoms with Gasteiger partial charge in [0.25, 0.3) is 0 Å². The van der Waals surface area contributed by atoms with Crippen molar-refractivity contribution in [2.75, 3.05) is 0 Å². The van der Waals surface area contributed by atoms with Crippen LogP contribution in [0.5, 0.6) is 0 Å². The second-order valence-electron chi connectivity index (χ2n) is 3.54. The van der Waals surface area contributed by atoms with Crippen molar-refractivity contribution >= 4 is 11.5 Å². The van der Waals surface area contributed by atoms with Crippen LogP contribution in [0.3, 0.4) is 0 Å². The predicted octanol–water partition coefficient (Wildman–Crippen LogP) is 0.521. The van der Waals surface area contributed by atoms with E-state index in [-0.39, 0.29) is 5.92 Å². The van der Waals surface area contributed by atoms with E-state index in [1.165, 1.54) is 0 Å². The highest BCUT2D eigenvalue weighted by Gasteiger charge is 2.19. The molecule has 74 valence electrons. The van der Waals surface area contributed by atoms with Gasteiger partial charge in [-0.1, -0.05) is 6.92 Å². The number of hydrogen-bond donors (Lipinski definition) is 1. The molecule has 5 nitrogen and oxygen atoms in total. The molecule has 1 atom stereocenters. The largest absolute Gasteiger partial charge is 0.385 e. The van der Waals surface area contributed by atoms with Crippen LogP contribution >= 0.6 is 0 Å². The number of imidazole rings is 1. The lowest BCUT2D eigenvalue weighted by atomic mass is 10.0. The number of rotatable bonds is 1. The maximum absolute atomic E-state index is 5.65. The summed E-state index contributed by atoms with van der Waals surface area (Å²) in [4.78, 5) is 4.22. The fourth-order valence-electron chi connectivity index (χ4n) is 1.43. The van der Waals surface area contributed by atoms with Crippen LogP contribution in [0.1, 0.15) is 19.2 Å². The van der Waals surface area contributed by atoms with Crippen LogP contribution in [0.15, 0.2) is 22.6 Å². The molecular formula is C9H13N5. The molecule has 0 amide bonds. The van der Waals surface area contributed by atoms with Crippen molar-refractivity contribution in [2.24, 2.45) is 28.9 Å². The minimum Gasteiger partial charge on any atom is -0.385 e. The summed E-state index contributed by atoms with van der Waals surface area (Å²) in [6, 6.07) is 0. The third-order valence-corrected chi connectivity index (χ3v) is 2.37. The SMILES string of the molecule is CC1CC(c2nccn2C)=NN=C1N. The van der Waals surface area contributed by atoms with Crippen molar-refractivity contribution < 1.29 is 0 Å². The lowest BCUT2D eigenvalue weighted by molar-refractivity contribution is 0.766. The quantitative estimate of drug-likeness (QED) is 0.703. The monoisotopic (exact) mass is 191 g/mol. The molecule has 1 aromatic heterocycles.